The molecule has 2 rings (SSSR count). The van der Waals surface area contributed by atoms with Crippen LogP contribution >= 0.6 is 22.6 Å². The van der Waals surface area contributed by atoms with Crippen LogP contribution in [0, 0.1) is 13.7 Å². The molecule has 0 amide bonds. The van der Waals surface area contributed by atoms with Gasteiger partial charge in [0.15, 0.2) is 5.78 Å². The Bertz CT molecular complexity index is 736. The van der Waals surface area contributed by atoms with Crippen molar-refractivity contribution in [3.63, 3.8) is 0 Å². The number of benzene rings is 2. The molecule has 2 aromatic rings. The minimum Gasteiger partial charge on any atom is -0.289 e. The molecule has 0 saturated carbocycles. The van der Waals surface area contributed by atoms with Gasteiger partial charge in [-0.15, -0.1) is 0 Å². The maximum atomic E-state index is 12.0. The van der Waals surface area contributed by atoms with E-state index in [4.69, 9.17) is 0 Å². The molecule has 0 bridgehead atoms. The van der Waals surface area contributed by atoms with Crippen molar-refractivity contribution in [3.05, 3.63) is 78.9 Å². The zero-order chi connectivity index (χ0) is 16.1. The summed E-state index contributed by atoms with van der Waals surface area (Å²) in [5.41, 5.74) is 2.01. The molecule has 4 nitrogen and oxygen atoms in total. The van der Waals surface area contributed by atoms with Gasteiger partial charge in [0.05, 0.1) is 4.92 Å². The van der Waals surface area contributed by atoms with Crippen LogP contribution in [0.2, 0.25) is 0 Å². The molecule has 5 heteroatoms. The molecule has 0 aliphatic rings. The van der Waals surface area contributed by atoms with Gasteiger partial charge in [0.2, 0.25) is 0 Å². The van der Waals surface area contributed by atoms with Crippen LogP contribution in [0.25, 0.3) is 6.08 Å². The number of nitrogens with zero attached hydrogens (tertiary/aromatic N) is 1. The van der Waals surface area contributed by atoms with Gasteiger partial charge in [-0.25, -0.2) is 0 Å². The molecule has 0 fully saturated rings. The zero-order valence-corrected chi connectivity index (χ0v) is 14.1. The number of aryl methyl sites for hydroxylation is 1. The highest BCUT2D eigenvalue weighted by molar-refractivity contribution is 14.1. The molecule has 0 saturated heterocycles. The van der Waals surface area contributed by atoms with Crippen LogP contribution in [0.4, 0.5) is 5.69 Å². The first-order chi connectivity index (χ1) is 10.5. The molecule has 22 heavy (non-hydrogen) atoms. The molecule has 0 aliphatic carbocycles. The second-order valence-corrected chi connectivity index (χ2v) is 5.95. The van der Waals surface area contributed by atoms with Gasteiger partial charge < -0.3 is 0 Å². The summed E-state index contributed by atoms with van der Waals surface area (Å²) in [7, 11) is 0. The first-order valence-electron chi connectivity index (χ1n) is 6.76. The Labute approximate surface area is 142 Å². The van der Waals surface area contributed by atoms with E-state index in [-0.39, 0.29) is 11.5 Å². The predicted octanol–water partition coefficient (Wildman–Crippen LogP) is 4.66. The van der Waals surface area contributed by atoms with Gasteiger partial charge in [0.25, 0.3) is 5.69 Å². The maximum absolute atomic E-state index is 12.0. The van der Waals surface area contributed by atoms with Crippen molar-refractivity contribution in [3.8, 4) is 0 Å². The lowest BCUT2D eigenvalue weighted by Crippen LogP contribution is -1.96. The number of carbonyl (C=O) groups excluding carboxylic acids is 1. The molecule has 0 spiro atoms. The van der Waals surface area contributed by atoms with Crippen LogP contribution in [0.5, 0.6) is 0 Å². The average molecular weight is 407 g/mol. The van der Waals surface area contributed by atoms with Gasteiger partial charge in [-0.05, 0) is 52.8 Å². The van der Waals surface area contributed by atoms with Crippen molar-refractivity contribution in [1.82, 2.24) is 0 Å². The van der Waals surface area contributed by atoms with Crippen molar-refractivity contribution >= 4 is 40.1 Å². The van der Waals surface area contributed by atoms with E-state index in [0.717, 1.165) is 3.57 Å². The SMILES string of the molecule is CCc1ccc(/C=C/C(=O)c2ccc(I)cc2)cc1[N+](=O)[O-]. The number of nitro groups is 1. The summed E-state index contributed by atoms with van der Waals surface area (Å²) in [5.74, 6) is -0.126. The molecule has 112 valence electrons. The highest BCUT2D eigenvalue weighted by Crippen LogP contribution is 2.21. The third kappa shape index (κ3) is 4.00. The average Bonchev–Trinajstić information content (AvgIpc) is 2.53. The molecule has 0 heterocycles. The van der Waals surface area contributed by atoms with Gasteiger partial charge in [-0.3, -0.25) is 14.9 Å². The second-order valence-electron chi connectivity index (χ2n) is 4.70. The highest BCUT2D eigenvalue weighted by Gasteiger charge is 2.12. The Hall–Kier alpha value is -2.02. The predicted molar refractivity (Wildman–Crippen MR) is 95.0 cm³/mol. The molecular formula is C17H14INO3. The van der Waals surface area contributed by atoms with Crippen LogP contribution in [0.1, 0.15) is 28.4 Å². The molecule has 0 aromatic heterocycles. The number of allylic oxidation sites excluding steroid dienone is 1. The van der Waals surface area contributed by atoms with E-state index in [2.05, 4.69) is 22.6 Å². The van der Waals surface area contributed by atoms with Crippen molar-refractivity contribution in [2.75, 3.05) is 0 Å². The zero-order valence-electron chi connectivity index (χ0n) is 12.0. The number of rotatable bonds is 5. The molecule has 0 radical (unpaired) electrons. The Morgan fingerprint density at radius 3 is 2.50 bits per heavy atom. The van der Waals surface area contributed by atoms with Crippen molar-refractivity contribution in [1.29, 1.82) is 0 Å². The van der Waals surface area contributed by atoms with Crippen LogP contribution < -0.4 is 0 Å². The third-order valence-corrected chi connectivity index (χ3v) is 3.96. The minimum atomic E-state index is -0.392. The summed E-state index contributed by atoms with van der Waals surface area (Å²) in [6, 6.07) is 12.3. The fraction of sp³-hybridized carbons (Fsp3) is 0.118. The second kappa shape index (κ2) is 7.31. The van der Waals surface area contributed by atoms with Crippen LogP contribution in [-0.4, -0.2) is 10.7 Å². The van der Waals surface area contributed by atoms with E-state index < -0.39 is 4.92 Å². The monoisotopic (exact) mass is 407 g/mol. The standard InChI is InChI=1S/C17H14INO3/c1-2-13-5-3-12(11-16(13)19(21)22)4-10-17(20)14-6-8-15(18)9-7-14/h3-11H,2H2,1H3/b10-4+. The first kappa shape index (κ1) is 16.4. The molecule has 0 N–H and O–H groups in total. The topological polar surface area (TPSA) is 60.2 Å². The van der Waals surface area contributed by atoms with Gasteiger partial charge >= 0.3 is 0 Å². The summed E-state index contributed by atoms with van der Waals surface area (Å²) in [6.45, 7) is 1.87. The summed E-state index contributed by atoms with van der Waals surface area (Å²) in [5, 5.41) is 11.0. The van der Waals surface area contributed by atoms with Crippen molar-refractivity contribution in [2.45, 2.75) is 13.3 Å². The summed E-state index contributed by atoms with van der Waals surface area (Å²) >= 11 is 2.17. The Balaban J connectivity index is 2.22. The lowest BCUT2D eigenvalue weighted by molar-refractivity contribution is -0.385. The van der Waals surface area contributed by atoms with E-state index in [9.17, 15) is 14.9 Å². The van der Waals surface area contributed by atoms with E-state index >= 15 is 0 Å². The minimum absolute atomic E-state index is 0.0892. The summed E-state index contributed by atoms with van der Waals surface area (Å²) in [4.78, 5) is 22.7. The van der Waals surface area contributed by atoms with Gasteiger partial charge in [-0.2, -0.15) is 0 Å². The first-order valence-corrected chi connectivity index (χ1v) is 7.84. The van der Waals surface area contributed by atoms with Gasteiger partial charge in [-0.1, -0.05) is 37.3 Å². The largest absolute Gasteiger partial charge is 0.289 e. The number of hydrogen-bond acceptors (Lipinski definition) is 3. The Kier molecular flexibility index (Phi) is 5.43. The lowest BCUT2D eigenvalue weighted by atomic mass is 10.1. The molecule has 2 aromatic carbocycles. The fourth-order valence-corrected chi connectivity index (χ4v) is 2.40. The smallest absolute Gasteiger partial charge is 0.273 e. The van der Waals surface area contributed by atoms with E-state index in [1.807, 2.05) is 19.1 Å². The number of carbonyl (C=O) groups is 1. The summed E-state index contributed by atoms with van der Waals surface area (Å²) in [6.07, 6.45) is 3.64. The quantitative estimate of drug-likeness (QED) is 0.238. The fourth-order valence-electron chi connectivity index (χ4n) is 2.04. The van der Waals surface area contributed by atoms with Crippen LogP contribution in [0.3, 0.4) is 0 Å². The van der Waals surface area contributed by atoms with Crippen molar-refractivity contribution < 1.29 is 9.72 Å². The highest BCUT2D eigenvalue weighted by atomic mass is 127. The van der Waals surface area contributed by atoms with Gasteiger partial charge in [0, 0.05) is 20.8 Å². The van der Waals surface area contributed by atoms with Crippen LogP contribution in [-0.2, 0) is 6.42 Å². The molecule has 0 atom stereocenters. The molecule has 0 aliphatic heterocycles. The van der Waals surface area contributed by atoms with Crippen molar-refractivity contribution in [2.24, 2.45) is 0 Å². The Morgan fingerprint density at radius 2 is 1.91 bits per heavy atom. The van der Waals surface area contributed by atoms with E-state index in [1.165, 1.54) is 12.1 Å². The number of nitro benzene ring substituents is 1. The number of halogens is 1. The Morgan fingerprint density at radius 1 is 1.23 bits per heavy atom. The van der Waals surface area contributed by atoms with Crippen LogP contribution in [0.15, 0.2) is 48.5 Å². The number of hydrogen-bond donors (Lipinski definition) is 0. The number of ketones is 1. The molecular weight excluding hydrogens is 393 g/mol. The normalized spacial score (nSPS) is 10.8. The maximum Gasteiger partial charge on any atom is 0.273 e. The van der Waals surface area contributed by atoms with E-state index in [1.54, 1.807) is 30.3 Å². The van der Waals surface area contributed by atoms with Gasteiger partial charge in [0.1, 0.15) is 0 Å². The van der Waals surface area contributed by atoms with E-state index in [0.29, 0.717) is 23.1 Å². The third-order valence-electron chi connectivity index (χ3n) is 3.24. The lowest BCUT2D eigenvalue weighted by Gasteiger charge is -2.01. The summed E-state index contributed by atoms with van der Waals surface area (Å²) < 4.78 is 1.06. The molecule has 0 unspecified atom stereocenters.